The SMILES string of the molecule is CCC(C)C(=O)OCC12C(OC(C)=O)CCC(C)(O)C13OC(C)(C)C(C(OC(=O)c1cccnc1)C2OC(=O)c1ccccc1)C3OC(C)=O. The maximum atomic E-state index is 14.1. The minimum atomic E-state index is -2.05. The largest absolute Gasteiger partial charge is 0.464 e. The lowest BCUT2D eigenvalue weighted by atomic mass is 9.46. The molecular weight excluding hydrogens is 650 g/mol. The van der Waals surface area contributed by atoms with Crippen molar-refractivity contribution in [1.29, 1.82) is 0 Å². The van der Waals surface area contributed by atoms with Gasteiger partial charge in [-0.15, -0.1) is 0 Å². The Morgan fingerprint density at radius 2 is 1.54 bits per heavy atom. The van der Waals surface area contributed by atoms with E-state index in [1.807, 2.05) is 6.92 Å². The molecule has 1 aromatic heterocycles. The lowest BCUT2D eigenvalue weighted by Crippen LogP contribution is -2.83. The Kier molecular flexibility index (Phi) is 10.1. The first kappa shape index (κ1) is 36.9. The standard InChI is InChI=1S/C37H45NO12/c1-8-21(2)31(41)45-20-36-26(46-22(3)39)16-17-35(7,44)37(36)29(47-23(4)40)27(34(5,6)50-37)28(48-33(43)25-15-12-18-38-19-25)30(36)49-32(42)24-13-10-9-11-14-24/h9-15,18-19,21,26-30,44H,8,16-17,20H2,1-7H3. The normalized spacial score (nSPS) is 32.8. The first-order chi connectivity index (χ1) is 23.5. The number of esters is 5. The molecule has 1 N–H and O–H groups in total. The monoisotopic (exact) mass is 695 g/mol. The summed E-state index contributed by atoms with van der Waals surface area (Å²) in [5.41, 5.74) is -7.09. The molecule has 1 aliphatic heterocycles. The molecule has 1 aromatic carbocycles. The van der Waals surface area contributed by atoms with E-state index in [0.29, 0.717) is 6.42 Å². The van der Waals surface area contributed by atoms with Crippen molar-refractivity contribution in [1.82, 2.24) is 4.98 Å². The molecule has 13 heteroatoms. The molecule has 270 valence electrons. The number of pyridine rings is 1. The molecule has 1 spiro atoms. The van der Waals surface area contributed by atoms with Crippen molar-refractivity contribution >= 4 is 29.8 Å². The number of benzene rings is 1. The van der Waals surface area contributed by atoms with Crippen LogP contribution in [0.5, 0.6) is 0 Å². The van der Waals surface area contributed by atoms with Gasteiger partial charge in [-0.2, -0.15) is 0 Å². The summed E-state index contributed by atoms with van der Waals surface area (Å²) in [6.07, 6.45) is -2.55. The zero-order valence-electron chi connectivity index (χ0n) is 29.4. The number of aliphatic hydroxyl groups is 1. The van der Waals surface area contributed by atoms with E-state index in [9.17, 15) is 29.1 Å². The van der Waals surface area contributed by atoms with E-state index in [2.05, 4.69) is 4.98 Å². The number of fused-ring (bicyclic) bond motifs is 1. The van der Waals surface area contributed by atoms with Gasteiger partial charge >= 0.3 is 29.8 Å². The summed E-state index contributed by atoms with van der Waals surface area (Å²) < 4.78 is 37.7. The first-order valence-corrected chi connectivity index (χ1v) is 16.8. The van der Waals surface area contributed by atoms with Crippen LogP contribution in [0.4, 0.5) is 0 Å². The van der Waals surface area contributed by atoms with Crippen LogP contribution in [0.3, 0.4) is 0 Å². The molecule has 3 aliphatic rings. The van der Waals surface area contributed by atoms with Gasteiger partial charge in [0.25, 0.3) is 0 Å². The molecule has 2 bridgehead atoms. The van der Waals surface area contributed by atoms with Gasteiger partial charge in [-0.1, -0.05) is 32.0 Å². The van der Waals surface area contributed by atoms with Crippen molar-refractivity contribution in [3.8, 4) is 0 Å². The van der Waals surface area contributed by atoms with E-state index in [0.717, 1.165) is 0 Å². The third kappa shape index (κ3) is 6.14. The molecule has 5 rings (SSSR count). The summed E-state index contributed by atoms with van der Waals surface area (Å²) in [5.74, 6) is -5.40. The summed E-state index contributed by atoms with van der Waals surface area (Å²) in [6.45, 7) is 10.1. The predicted octanol–water partition coefficient (Wildman–Crippen LogP) is 3.99. The predicted molar refractivity (Wildman–Crippen MR) is 174 cm³/mol. The third-order valence-corrected chi connectivity index (χ3v) is 10.5. The van der Waals surface area contributed by atoms with Crippen LogP contribution in [0, 0.1) is 17.3 Å². The molecule has 50 heavy (non-hydrogen) atoms. The molecule has 13 nitrogen and oxygen atoms in total. The second-order valence-corrected chi connectivity index (χ2v) is 14.2. The van der Waals surface area contributed by atoms with Gasteiger partial charge in [-0.25, -0.2) is 9.59 Å². The van der Waals surface area contributed by atoms with Gasteiger partial charge in [0.15, 0.2) is 11.7 Å². The van der Waals surface area contributed by atoms with E-state index in [4.69, 9.17) is 28.4 Å². The minimum absolute atomic E-state index is 0.0148. The Labute approximate surface area is 290 Å². The second kappa shape index (κ2) is 13.7. The number of hydrogen-bond acceptors (Lipinski definition) is 13. The van der Waals surface area contributed by atoms with Crippen LogP contribution in [0.25, 0.3) is 0 Å². The van der Waals surface area contributed by atoms with Gasteiger partial charge < -0.3 is 33.5 Å². The van der Waals surface area contributed by atoms with E-state index >= 15 is 0 Å². The zero-order chi connectivity index (χ0) is 36.6. The van der Waals surface area contributed by atoms with Crippen molar-refractivity contribution in [3.05, 3.63) is 66.0 Å². The van der Waals surface area contributed by atoms with Crippen LogP contribution < -0.4 is 0 Å². The molecule has 3 fully saturated rings. The molecule has 2 aromatic rings. The van der Waals surface area contributed by atoms with Crippen molar-refractivity contribution in [3.63, 3.8) is 0 Å². The Morgan fingerprint density at radius 1 is 0.900 bits per heavy atom. The van der Waals surface area contributed by atoms with Crippen LogP contribution in [-0.2, 0) is 42.8 Å². The number of carbonyl (C=O) groups is 5. The fourth-order valence-electron chi connectivity index (χ4n) is 8.20. The summed E-state index contributed by atoms with van der Waals surface area (Å²) in [6, 6.07) is 11.1. The topological polar surface area (TPSA) is 174 Å². The average Bonchev–Trinajstić information content (AvgIpc) is 3.27. The number of aromatic nitrogens is 1. The van der Waals surface area contributed by atoms with Gasteiger partial charge in [-0.05, 0) is 64.3 Å². The Morgan fingerprint density at radius 3 is 2.14 bits per heavy atom. The Hall–Kier alpha value is -4.36. The van der Waals surface area contributed by atoms with E-state index in [1.165, 1.54) is 51.4 Å². The lowest BCUT2D eigenvalue weighted by molar-refractivity contribution is -0.348. The van der Waals surface area contributed by atoms with Crippen molar-refractivity contribution < 1.29 is 57.5 Å². The first-order valence-electron chi connectivity index (χ1n) is 16.8. The fourth-order valence-corrected chi connectivity index (χ4v) is 8.20. The highest BCUT2D eigenvalue weighted by atomic mass is 16.6. The Bertz CT molecular complexity index is 1610. The van der Waals surface area contributed by atoms with Crippen LogP contribution in [0.1, 0.15) is 88.4 Å². The molecule has 2 heterocycles. The summed E-state index contributed by atoms with van der Waals surface area (Å²) in [7, 11) is 0. The van der Waals surface area contributed by atoms with Gasteiger partial charge in [0.1, 0.15) is 30.3 Å². The van der Waals surface area contributed by atoms with Gasteiger partial charge in [0.05, 0.1) is 34.2 Å². The third-order valence-electron chi connectivity index (χ3n) is 10.5. The van der Waals surface area contributed by atoms with Crippen molar-refractivity contribution in [2.24, 2.45) is 17.3 Å². The minimum Gasteiger partial charge on any atom is -0.464 e. The van der Waals surface area contributed by atoms with Crippen LogP contribution in [0.2, 0.25) is 0 Å². The highest BCUT2D eigenvalue weighted by Crippen LogP contribution is 2.69. The highest BCUT2D eigenvalue weighted by Gasteiger charge is 2.87. The molecule has 2 aliphatic carbocycles. The summed E-state index contributed by atoms with van der Waals surface area (Å²) in [4.78, 5) is 71.3. The quantitative estimate of drug-likeness (QED) is 0.279. The summed E-state index contributed by atoms with van der Waals surface area (Å²) in [5, 5.41) is 12.6. The molecule has 9 unspecified atom stereocenters. The Balaban J connectivity index is 1.84. The fraction of sp³-hybridized carbons (Fsp3) is 0.568. The highest BCUT2D eigenvalue weighted by molar-refractivity contribution is 5.90. The molecular formula is C37H45NO12. The van der Waals surface area contributed by atoms with Gasteiger partial charge in [-0.3, -0.25) is 19.4 Å². The maximum absolute atomic E-state index is 14.1. The van der Waals surface area contributed by atoms with E-state index in [1.54, 1.807) is 45.0 Å². The number of carbonyl (C=O) groups excluding carboxylic acids is 5. The van der Waals surface area contributed by atoms with Crippen LogP contribution >= 0.6 is 0 Å². The average molecular weight is 696 g/mol. The van der Waals surface area contributed by atoms with Gasteiger partial charge in [0.2, 0.25) is 0 Å². The second-order valence-electron chi connectivity index (χ2n) is 14.2. The van der Waals surface area contributed by atoms with Crippen molar-refractivity contribution in [2.45, 2.75) is 109 Å². The molecule has 0 amide bonds. The van der Waals surface area contributed by atoms with Crippen molar-refractivity contribution in [2.75, 3.05) is 6.61 Å². The van der Waals surface area contributed by atoms with Crippen LogP contribution in [-0.4, -0.2) is 87.8 Å². The van der Waals surface area contributed by atoms with E-state index in [-0.39, 0.29) is 24.0 Å². The molecule has 2 saturated carbocycles. The number of nitrogens with zero attached hydrogens (tertiary/aromatic N) is 1. The molecule has 0 radical (unpaired) electrons. The van der Waals surface area contributed by atoms with Crippen LogP contribution in [0.15, 0.2) is 54.9 Å². The number of hydrogen-bond donors (Lipinski definition) is 1. The zero-order valence-corrected chi connectivity index (χ0v) is 29.4. The maximum Gasteiger partial charge on any atom is 0.340 e. The molecule has 1 saturated heterocycles. The lowest BCUT2D eigenvalue weighted by Gasteiger charge is -2.65. The molecule has 9 atom stereocenters. The van der Waals surface area contributed by atoms with Gasteiger partial charge in [0, 0.05) is 26.2 Å². The summed E-state index contributed by atoms with van der Waals surface area (Å²) >= 11 is 0. The number of rotatable bonds is 10. The number of ether oxygens (including phenoxy) is 6. The smallest absolute Gasteiger partial charge is 0.340 e. The van der Waals surface area contributed by atoms with E-state index < -0.39 is 94.9 Å².